The number of nitrogens with zero attached hydrogens (tertiary/aromatic N) is 1. The molecule has 2 rings (SSSR count). The van der Waals surface area contributed by atoms with Gasteiger partial charge in [0.2, 0.25) is 0 Å². The highest BCUT2D eigenvalue weighted by molar-refractivity contribution is 7.91. The van der Waals surface area contributed by atoms with Crippen molar-refractivity contribution in [3.05, 3.63) is 35.4 Å². The molecule has 0 radical (unpaired) electrons. The van der Waals surface area contributed by atoms with Crippen LogP contribution in [0.4, 0.5) is 0 Å². The molecule has 2 N–H and O–H groups in total. The van der Waals surface area contributed by atoms with Crippen LogP contribution in [0.2, 0.25) is 0 Å². The lowest BCUT2D eigenvalue weighted by Crippen LogP contribution is -2.32. The minimum absolute atomic E-state index is 0.150. The molecule has 1 aliphatic heterocycles. The van der Waals surface area contributed by atoms with E-state index in [1.165, 1.54) is 5.56 Å². The van der Waals surface area contributed by atoms with Gasteiger partial charge in [0.25, 0.3) is 0 Å². The van der Waals surface area contributed by atoms with Gasteiger partial charge < -0.3 is 5.73 Å². The van der Waals surface area contributed by atoms with Crippen LogP contribution in [0.25, 0.3) is 0 Å². The average molecular weight is 268 g/mol. The second-order valence-corrected chi connectivity index (χ2v) is 7.22. The molecule has 1 heterocycles. The van der Waals surface area contributed by atoms with E-state index in [-0.39, 0.29) is 6.04 Å². The lowest BCUT2D eigenvalue weighted by molar-refractivity contribution is 0.254. The van der Waals surface area contributed by atoms with Crippen LogP contribution in [0.15, 0.2) is 24.3 Å². The minimum atomic E-state index is -2.81. The molecule has 1 aromatic carbocycles. The fourth-order valence-electron chi connectivity index (χ4n) is 2.40. The fourth-order valence-corrected chi connectivity index (χ4v) is 4.20. The number of hydrogen-bond acceptors (Lipinski definition) is 4. The third kappa shape index (κ3) is 3.31. The van der Waals surface area contributed by atoms with E-state index >= 15 is 0 Å². The van der Waals surface area contributed by atoms with E-state index in [9.17, 15) is 8.42 Å². The van der Waals surface area contributed by atoms with Crippen LogP contribution in [0.5, 0.6) is 0 Å². The standard InChI is InChI=1S/C13H20N2O2S/c1-15(13-5-6-18(16,17)10-13)9-12-4-2-3-11(7-12)8-14/h2-4,7,13H,5-6,8-10,14H2,1H3. The molecule has 0 saturated carbocycles. The smallest absolute Gasteiger partial charge is 0.151 e. The third-order valence-corrected chi connectivity index (χ3v) is 5.24. The maximum absolute atomic E-state index is 11.5. The summed E-state index contributed by atoms with van der Waals surface area (Å²) in [5.74, 6) is 0.616. The van der Waals surface area contributed by atoms with E-state index < -0.39 is 9.84 Å². The Morgan fingerprint density at radius 3 is 2.72 bits per heavy atom. The maximum Gasteiger partial charge on any atom is 0.151 e. The Hall–Kier alpha value is -0.910. The zero-order valence-corrected chi connectivity index (χ0v) is 11.5. The van der Waals surface area contributed by atoms with Gasteiger partial charge in [-0.2, -0.15) is 0 Å². The zero-order valence-electron chi connectivity index (χ0n) is 10.7. The van der Waals surface area contributed by atoms with Crippen LogP contribution in [-0.4, -0.2) is 37.9 Å². The first-order valence-electron chi connectivity index (χ1n) is 6.19. The molecule has 1 unspecified atom stereocenters. The molecular formula is C13H20N2O2S. The van der Waals surface area contributed by atoms with Gasteiger partial charge in [0.05, 0.1) is 11.5 Å². The van der Waals surface area contributed by atoms with E-state index in [2.05, 4.69) is 17.0 Å². The second kappa shape index (κ2) is 5.38. The Morgan fingerprint density at radius 1 is 1.39 bits per heavy atom. The SMILES string of the molecule is CN(Cc1cccc(CN)c1)C1CCS(=O)(=O)C1. The normalized spacial score (nSPS) is 22.5. The van der Waals surface area contributed by atoms with Gasteiger partial charge in [-0.3, -0.25) is 4.90 Å². The molecule has 0 spiro atoms. The fraction of sp³-hybridized carbons (Fsp3) is 0.538. The zero-order chi connectivity index (χ0) is 13.2. The van der Waals surface area contributed by atoms with E-state index in [0.717, 1.165) is 18.5 Å². The first-order valence-corrected chi connectivity index (χ1v) is 8.01. The largest absolute Gasteiger partial charge is 0.326 e. The molecule has 0 aromatic heterocycles. The molecule has 4 nitrogen and oxygen atoms in total. The predicted octanol–water partition coefficient (Wildman–Crippen LogP) is 0.764. The van der Waals surface area contributed by atoms with Crippen LogP contribution in [-0.2, 0) is 22.9 Å². The van der Waals surface area contributed by atoms with E-state index in [1.54, 1.807) is 0 Å². The van der Waals surface area contributed by atoms with Gasteiger partial charge in [0.1, 0.15) is 0 Å². The molecule has 0 aliphatic carbocycles. The minimum Gasteiger partial charge on any atom is -0.326 e. The summed E-state index contributed by atoms with van der Waals surface area (Å²) in [6.07, 6.45) is 0.745. The van der Waals surface area contributed by atoms with Crippen LogP contribution < -0.4 is 5.73 Å². The van der Waals surface area contributed by atoms with Crippen molar-refractivity contribution in [1.29, 1.82) is 0 Å². The van der Waals surface area contributed by atoms with Crippen LogP contribution >= 0.6 is 0 Å². The monoisotopic (exact) mass is 268 g/mol. The Labute approximate surface area is 109 Å². The highest BCUT2D eigenvalue weighted by Gasteiger charge is 2.30. The Morgan fingerprint density at radius 2 is 2.11 bits per heavy atom. The van der Waals surface area contributed by atoms with Gasteiger partial charge in [-0.25, -0.2) is 8.42 Å². The van der Waals surface area contributed by atoms with Gasteiger partial charge >= 0.3 is 0 Å². The summed E-state index contributed by atoms with van der Waals surface area (Å²) in [6, 6.07) is 8.29. The van der Waals surface area contributed by atoms with Crippen molar-refractivity contribution >= 4 is 9.84 Å². The molecule has 5 heteroatoms. The van der Waals surface area contributed by atoms with Crippen molar-refractivity contribution in [3.8, 4) is 0 Å². The molecule has 1 aliphatic rings. The van der Waals surface area contributed by atoms with Crippen molar-refractivity contribution in [3.63, 3.8) is 0 Å². The quantitative estimate of drug-likeness (QED) is 0.876. The van der Waals surface area contributed by atoms with Crippen LogP contribution in [0, 0.1) is 0 Å². The number of rotatable bonds is 4. The van der Waals surface area contributed by atoms with Crippen LogP contribution in [0.3, 0.4) is 0 Å². The molecule has 18 heavy (non-hydrogen) atoms. The van der Waals surface area contributed by atoms with Crippen molar-refractivity contribution in [2.45, 2.75) is 25.6 Å². The van der Waals surface area contributed by atoms with Crippen molar-refractivity contribution in [2.24, 2.45) is 5.73 Å². The van der Waals surface area contributed by atoms with Gasteiger partial charge in [-0.05, 0) is 24.6 Å². The van der Waals surface area contributed by atoms with Crippen LogP contribution in [0.1, 0.15) is 17.5 Å². The Balaban J connectivity index is 2.01. The molecular weight excluding hydrogens is 248 g/mol. The molecule has 100 valence electrons. The lowest BCUT2D eigenvalue weighted by Gasteiger charge is -2.23. The molecule has 1 saturated heterocycles. The summed E-state index contributed by atoms with van der Waals surface area (Å²) in [7, 11) is -0.821. The number of hydrogen-bond donors (Lipinski definition) is 1. The van der Waals surface area contributed by atoms with E-state index in [0.29, 0.717) is 18.1 Å². The molecule has 1 fully saturated rings. The van der Waals surface area contributed by atoms with Gasteiger partial charge in [-0.15, -0.1) is 0 Å². The highest BCUT2D eigenvalue weighted by Crippen LogP contribution is 2.18. The number of nitrogens with two attached hydrogens (primary N) is 1. The van der Waals surface area contributed by atoms with E-state index in [4.69, 9.17) is 5.73 Å². The molecule has 0 bridgehead atoms. The summed E-state index contributed by atoms with van der Waals surface area (Å²) in [5, 5.41) is 0. The van der Waals surface area contributed by atoms with Crippen molar-refractivity contribution in [1.82, 2.24) is 4.90 Å². The topological polar surface area (TPSA) is 63.4 Å². The highest BCUT2D eigenvalue weighted by atomic mass is 32.2. The summed E-state index contributed by atoms with van der Waals surface area (Å²) in [5.41, 5.74) is 7.91. The summed E-state index contributed by atoms with van der Waals surface area (Å²) in [6.45, 7) is 1.31. The summed E-state index contributed by atoms with van der Waals surface area (Å²) >= 11 is 0. The molecule has 1 aromatic rings. The number of sulfone groups is 1. The van der Waals surface area contributed by atoms with Gasteiger partial charge in [0.15, 0.2) is 9.84 Å². The van der Waals surface area contributed by atoms with Gasteiger partial charge in [-0.1, -0.05) is 24.3 Å². The summed E-state index contributed by atoms with van der Waals surface area (Å²) < 4.78 is 22.9. The number of benzene rings is 1. The Bertz CT molecular complexity index is 513. The molecule has 1 atom stereocenters. The first-order chi connectivity index (χ1) is 8.50. The maximum atomic E-state index is 11.5. The average Bonchev–Trinajstić information content (AvgIpc) is 2.70. The second-order valence-electron chi connectivity index (χ2n) is 5.00. The predicted molar refractivity (Wildman–Crippen MR) is 72.9 cm³/mol. The van der Waals surface area contributed by atoms with Crippen molar-refractivity contribution < 1.29 is 8.42 Å². The first kappa shape index (κ1) is 13.5. The Kier molecular flexibility index (Phi) is 4.04. The third-order valence-electron chi connectivity index (χ3n) is 3.49. The van der Waals surface area contributed by atoms with E-state index in [1.807, 2.05) is 19.2 Å². The molecule has 0 amide bonds. The van der Waals surface area contributed by atoms with Crippen molar-refractivity contribution in [2.75, 3.05) is 18.6 Å². The van der Waals surface area contributed by atoms with Gasteiger partial charge in [0, 0.05) is 19.1 Å². The summed E-state index contributed by atoms with van der Waals surface area (Å²) in [4.78, 5) is 2.13. The lowest BCUT2D eigenvalue weighted by atomic mass is 10.1.